The van der Waals surface area contributed by atoms with E-state index < -0.39 is 18.2 Å². The summed E-state index contributed by atoms with van der Waals surface area (Å²) in [6.07, 6.45) is 2.31. The summed E-state index contributed by atoms with van der Waals surface area (Å²) in [6.45, 7) is 0. The van der Waals surface area contributed by atoms with E-state index in [0.29, 0.717) is 23.6 Å². The molecule has 2 unspecified atom stereocenters. The first kappa shape index (κ1) is 24.7. The van der Waals surface area contributed by atoms with Gasteiger partial charge in [-0.3, -0.25) is 4.79 Å². The molecule has 186 valence electrons. The number of amides is 1. The summed E-state index contributed by atoms with van der Waals surface area (Å²) in [4.78, 5) is 30.6. The van der Waals surface area contributed by atoms with Crippen molar-refractivity contribution in [3.63, 3.8) is 0 Å². The first-order chi connectivity index (χ1) is 16.5. The Morgan fingerprint density at radius 2 is 1.77 bits per heavy atom. The molecule has 5 rings (SSSR count). The largest absolute Gasteiger partial charge is 0.490 e. The number of hydrogen-bond donors (Lipinski definition) is 2. The van der Waals surface area contributed by atoms with E-state index in [1.165, 1.54) is 0 Å². The van der Waals surface area contributed by atoms with E-state index in [4.69, 9.17) is 20.9 Å². The summed E-state index contributed by atoms with van der Waals surface area (Å²) < 4.78 is 31.7. The SMILES string of the molecule is N#Cc1ccc(N2C3CCC2CC([C@H](N)C(=O)N2[C@H](C#N)C[C@@H]4C[C@@H]42)C3)nc1.O=C(O)C(F)(F)F. The molecular weight excluding hydrogens is 465 g/mol. The second-order valence-electron chi connectivity index (χ2n) is 9.56. The van der Waals surface area contributed by atoms with Gasteiger partial charge in [0.25, 0.3) is 0 Å². The molecule has 4 aliphatic rings. The van der Waals surface area contributed by atoms with Crippen LogP contribution in [-0.2, 0) is 9.59 Å². The number of pyridine rings is 1. The van der Waals surface area contributed by atoms with E-state index in [0.717, 1.165) is 44.3 Å². The number of piperidine rings is 2. The number of alkyl halides is 3. The molecule has 1 amide bonds. The normalized spacial score (nSPS) is 31.4. The van der Waals surface area contributed by atoms with Gasteiger partial charge in [0.05, 0.1) is 17.7 Å². The summed E-state index contributed by atoms with van der Waals surface area (Å²) in [5.41, 5.74) is 7.04. The van der Waals surface area contributed by atoms with Gasteiger partial charge in [-0.25, -0.2) is 9.78 Å². The molecule has 4 fully saturated rings. The van der Waals surface area contributed by atoms with E-state index >= 15 is 0 Å². The zero-order chi connectivity index (χ0) is 25.5. The van der Waals surface area contributed by atoms with Crippen LogP contribution in [0.4, 0.5) is 19.0 Å². The van der Waals surface area contributed by atoms with Crippen LogP contribution in [0.1, 0.15) is 44.1 Å². The number of carbonyl (C=O) groups excluding carboxylic acids is 1. The molecule has 1 aliphatic carbocycles. The zero-order valence-electron chi connectivity index (χ0n) is 18.7. The number of anilines is 1. The van der Waals surface area contributed by atoms with Crippen molar-refractivity contribution in [2.24, 2.45) is 17.6 Å². The quantitative estimate of drug-likeness (QED) is 0.655. The van der Waals surface area contributed by atoms with Crippen LogP contribution in [0, 0.1) is 34.5 Å². The summed E-state index contributed by atoms with van der Waals surface area (Å²) in [7, 11) is 0. The topological polar surface area (TPSA) is 147 Å². The number of carboxylic acid groups (broad SMARTS) is 1. The molecule has 35 heavy (non-hydrogen) atoms. The minimum Gasteiger partial charge on any atom is -0.475 e. The lowest BCUT2D eigenvalue weighted by Crippen LogP contribution is -2.54. The summed E-state index contributed by atoms with van der Waals surface area (Å²) in [5, 5.41) is 25.5. The van der Waals surface area contributed by atoms with Gasteiger partial charge in [-0.05, 0) is 62.5 Å². The molecule has 3 saturated heterocycles. The fourth-order valence-corrected chi connectivity index (χ4v) is 5.75. The van der Waals surface area contributed by atoms with Crippen molar-refractivity contribution in [3.05, 3.63) is 23.9 Å². The predicted octanol–water partition coefficient (Wildman–Crippen LogP) is 2.17. The van der Waals surface area contributed by atoms with Gasteiger partial charge in [0.2, 0.25) is 5.91 Å². The number of hydrogen-bond acceptors (Lipinski definition) is 7. The Kier molecular flexibility index (Phi) is 6.60. The van der Waals surface area contributed by atoms with Gasteiger partial charge in [0.15, 0.2) is 0 Å². The minimum atomic E-state index is -5.08. The van der Waals surface area contributed by atoms with Crippen molar-refractivity contribution in [1.29, 1.82) is 10.5 Å². The molecule has 4 heterocycles. The van der Waals surface area contributed by atoms with Crippen LogP contribution in [0.25, 0.3) is 0 Å². The highest BCUT2D eigenvalue weighted by Gasteiger charge is 2.56. The molecular formula is C23H25F3N6O3. The Hall–Kier alpha value is -3.38. The van der Waals surface area contributed by atoms with Crippen LogP contribution in [0.3, 0.4) is 0 Å². The van der Waals surface area contributed by atoms with E-state index in [1.807, 2.05) is 12.1 Å². The second-order valence-corrected chi connectivity index (χ2v) is 9.56. The van der Waals surface area contributed by atoms with Gasteiger partial charge in [-0.2, -0.15) is 23.7 Å². The van der Waals surface area contributed by atoms with E-state index in [2.05, 4.69) is 22.0 Å². The Morgan fingerprint density at radius 1 is 1.14 bits per heavy atom. The number of aromatic nitrogens is 1. The molecule has 3 aliphatic heterocycles. The number of nitriles is 2. The van der Waals surface area contributed by atoms with Crippen molar-refractivity contribution >= 4 is 17.7 Å². The number of rotatable bonds is 3. The van der Waals surface area contributed by atoms with Crippen molar-refractivity contribution in [2.75, 3.05) is 4.90 Å². The Morgan fingerprint density at radius 3 is 2.26 bits per heavy atom. The number of likely N-dealkylation sites (tertiary alicyclic amines) is 1. The first-order valence-corrected chi connectivity index (χ1v) is 11.5. The van der Waals surface area contributed by atoms with E-state index in [-0.39, 0.29) is 23.9 Å². The number of fused-ring (bicyclic) bond motifs is 3. The number of nitrogens with zero attached hydrogens (tertiary/aromatic N) is 5. The lowest BCUT2D eigenvalue weighted by atomic mass is 9.84. The molecule has 12 heteroatoms. The third kappa shape index (κ3) is 4.89. The van der Waals surface area contributed by atoms with Crippen LogP contribution in [-0.4, -0.2) is 63.3 Å². The Labute approximate surface area is 199 Å². The molecule has 2 bridgehead atoms. The molecule has 1 aromatic rings. The number of aliphatic carboxylic acids is 1. The van der Waals surface area contributed by atoms with Crippen LogP contribution >= 0.6 is 0 Å². The van der Waals surface area contributed by atoms with Crippen molar-refractivity contribution in [1.82, 2.24) is 9.88 Å². The fourth-order valence-electron chi connectivity index (χ4n) is 5.75. The third-order valence-corrected chi connectivity index (χ3v) is 7.45. The van der Waals surface area contributed by atoms with Crippen molar-refractivity contribution in [2.45, 2.75) is 74.9 Å². The van der Waals surface area contributed by atoms with Gasteiger partial charge in [0.1, 0.15) is 17.9 Å². The van der Waals surface area contributed by atoms with E-state index in [9.17, 15) is 23.2 Å². The first-order valence-electron chi connectivity index (χ1n) is 11.5. The van der Waals surface area contributed by atoms with Crippen LogP contribution in [0.15, 0.2) is 18.3 Å². The predicted molar refractivity (Wildman–Crippen MR) is 115 cm³/mol. The fraction of sp³-hybridized carbons (Fsp3) is 0.609. The second kappa shape index (κ2) is 9.34. The molecule has 6 atom stereocenters. The lowest BCUT2D eigenvalue weighted by Gasteiger charge is -2.42. The molecule has 9 nitrogen and oxygen atoms in total. The van der Waals surface area contributed by atoms with Crippen LogP contribution < -0.4 is 10.6 Å². The number of carboxylic acids is 1. The smallest absolute Gasteiger partial charge is 0.475 e. The van der Waals surface area contributed by atoms with Gasteiger partial charge in [-0.1, -0.05) is 0 Å². The molecule has 3 N–H and O–H groups in total. The van der Waals surface area contributed by atoms with Gasteiger partial charge >= 0.3 is 12.1 Å². The van der Waals surface area contributed by atoms with Crippen molar-refractivity contribution < 1.29 is 27.9 Å². The zero-order valence-corrected chi connectivity index (χ0v) is 18.7. The Balaban J connectivity index is 0.000000364. The highest BCUT2D eigenvalue weighted by molar-refractivity contribution is 5.84. The highest BCUT2D eigenvalue weighted by Crippen LogP contribution is 2.48. The summed E-state index contributed by atoms with van der Waals surface area (Å²) in [6, 6.07) is 8.25. The average Bonchev–Trinajstić information content (AvgIpc) is 3.42. The number of halogens is 3. The highest BCUT2D eigenvalue weighted by atomic mass is 19.4. The maximum Gasteiger partial charge on any atom is 0.490 e. The standard InChI is InChI=1S/C21H24N6O.C2HF3O2/c22-9-12-1-4-19(25-11-12)26-15-2-3-16(26)7-14(6-15)20(24)21(28)27-17(10-23)5-13-8-18(13)27;3-2(4,5)1(6)7/h1,4,11,13-18,20H,2-3,5-8,24H2;(H,6,7)/t13-,14?,15?,16?,17+,18+,20+;/m1./s1. The van der Waals surface area contributed by atoms with Gasteiger partial charge in [0, 0.05) is 24.3 Å². The third-order valence-electron chi connectivity index (χ3n) is 7.45. The number of nitrogens with two attached hydrogens (primary N) is 1. The van der Waals surface area contributed by atoms with Gasteiger partial charge < -0.3 is 20.6 Å². The number of carbonyl (C=O) groups is 2. The molecule has 0 radical (unpaired) electrons. The summed E-state index contributed by atoms with van der Waals surface area (Å²) >= 11 is 0. The van der Waals surface area contributed by atoms with Crippen LogP contribution in [0.2, 0.25) is 0 Å². The lowest BCUT2D eigenvalue weighted by molar-refractivity contribution is -0.192. The summed E-state index contributed by atoms with van der Waals surface area (Å²) in [5.74, 6) is -1.20. The Bertz CT molecular complexity index is 1050. The monoisotopic (exact) mass is 490 g/mol. The molecule has 1 aromatic heterocycles. The molecule has 0 aromatic carbocycles. The molecule has 1 saturated carbocycles. The van der Waals surface area contributed by atoms with E-state index in [1.54, 1.807) is 11.1 Å². The minimum absolute atomic E-state index is 0.0223. The molecule has 0 spiro atoms. The maximum absolute atomic E-state index is 13.1. The van der Waals surface area contributed by atoms with Crippen LogP contribution in [0.5, 0.6) is 0 Å². The van der Waals surface area contributed by atoms with Crippen molar-refractivity contribution in [3.8, 4) is 12.1 Å². The van der Waals surface area contributed by atoms with Gasteiger partial charge in [-0.15, -0.1) is 0 Å². The average molecular weight is 490 g/mol. The maximum atomic E-state index is 13.1.